The van der Waals surface area contributed by atoms with Gasteiger partial charge in [0, 0.05) is 25.2 Å². The third kappa shape index (κ3) is 7.95. The zero-order chi connectivity index (χ0) is 25.0. The Balaban J connectivity index is 2.15. The smallest absolute Gasteiger partial charge is 0.410 e. The van der Waals surface area contributed by atoms with Crippen molar-refractivity contribution in [3.63, 3.8) is 0 Å². The minimum atomic E-state index is -1.77. The fourth-order valence-corrected chi connectivity index (χ4v) is 3.54. The molecule has 1 saturated heterocycles. The Morgan fingerprint density at radius 1 is 1.27 bits per heavy atom. The predicted octanol–water partition coefficient (Wildman–Crippen LogP) is 3.32. The van der Waals surface area contributed by atoms with Gasteiger partial charge in [0.05, 0.1) is 19.7 Å². The molecule has 0 spiro atoms. The maximum Gasteiger partial charge on any atom is 0.410 e. The van der Waals surface area contributed by atoms with Gasteiger partial charge in [-0.25, -0.2) is 4.79 Å². The molecule has 0 aliphatic carbocycles. The van der Waals surface area contributed by atoms with Crippen LogP contribution < -0.4 is 15.9 Å². The van der Waals surface area contributed by atoms with Crippen LogP contribution in [0.4, 0.5) is 4.79 Å². The van der Waals surface area contributed by atoms with Gasteiger partial charge in [-0.2, -0.15) is 0 Å². The lowest BCUT2D eigenvalue weighted by Gasteiger charge is -2.40. The molecular formula is C21H30Cl3N3O6. The molecule has 9 nitrogen and oxygen atoms in total. The molecule has 2 N–H and O–H groups in total. The van der Waals surface area contributed by atoms with Crippen LogP contribution in [0.1, 0.15) is 39.4 Å². The first-order valence-electron chi connectivity index (χ1n) is 10.4. The number of hydrogen-bond donors (Lipinski definition) is 1. The van der Waals surface area contributed by atoms with E-state index in [0.29, 0.717) is 25.9 Å². The molecule has 0 bridgehead atoms. The van der Waals surface area contributed by atoms with Crippen LogP contribution in [-0.4, -0.2) is 64.5 Å². The van der Waals surface area contributed by atoms with E-state index >= 15 is 0 Å². The standard InChI is InChI=1S/C21H30Cl3N3O6/c1-20(2,3)17(25)18(29)26-7-5-13(6-8-26)27(19(30)33-12-21(22,23)24)10-14-9-15(28)16(31-4)11-32-14/h9,11,13,17H,5-8,10,12,25H2,1-4H3. The summed E-state index contributed by atoms with van der Waals surface area (Å²) in [6, 6.07) is 0.317. The lowest BCUT2D eigenvalue weighted by Crippen LogP contribution is -2.55. The van der Waals surface area contributed by atoms with Gasteiger partial charge in [0.25, 0.3) is 0 Å². The minimum absolute atomic E-state index is 0.0436. The number of alkyl halides is 3. The van der Waals surface area contributed by atoms with Crippen LogP contribution in [0.15, 0.2) is 21.5 Å². The molecule has 33 heavy (non-hydrogen) atoms. The number of carbonyl (C=O) groups is 2. The molecule has 1 aromatic rings. The summed E-state index contributed by atoms with van der Waals surface area (Å²) in [4.78, 5) is 40.8. The Labute approximate surface area is 208 Å². The van der Waals surface area contributed by atoms with E-state index in [4.69, 9.17) is 54.4 Å². The summed E-state index contributed by atoms with van der Waals surface area (Å²) in [6.07, 6.45) is 1.41. The first-order valence-corrected chi connectivity index (χ1v) is 11.6. The molecule has 1 aliphatic heterocycles. The van der Waals surface area contributed by atoms with Crippen molar-refractivity contribution in [2.24, 2.45) is 11.1 Å². The van der Waals surface area contributed by atoms with E-state index in [9.17, 15) is 14.4 Å². The van der Waals surface area contributed by atoms with Crippen LogP contribution in [0.2, 0.25) is 0 Å². The van der Waals surface area contributed by atoms with Gasteiger partial charge in [0.15, 0.2) is 0 Å². The maximum absolute atomic E-state index is 12.8. The number of amides is 2. The number of ether oxygens (including phenoxy) is 2. The molecule has 0 aromatic carbocycles. The molecule has 1 fully saturated rings. The van der Waals surface area contributed by atoms with Gasteiger partial charge in [-0.1, -0.05) is 55.6 Å². The van der Waals surface area contributed by atoms with Crippen molar-refractivity contribution in [2.45, 2.75) is 56.0 Å². The second-order valence-electron chi connectivity index (χ2n) is 8.98. The van der Waals surface area contributed by atoms with Gasteiger partial charge in [-0.05, 0) is 18.3 Å². The largest absolute Gasteiger partial charge is 0.490 e. The third-order valence-electron chi connectivity index (χ3n) is 5.41. The van der Waals surface area contributed by atoms with Gasteiger partial charge in [-0.3, -0.25) is 14.5 Å². The topological polar surface area (TPSA) is 115 Å². The Bertz CT molecular complexity index is 888. The molecule has 1 aromatic heterocycles. The Kier molecular flexibility index (Phi) is 9.32. The molecular weight excluding hydrogens is 497 g/mol. The molecule has 2 rings (SSSR count). The van der Waals surface area contributed by atoms with Gasteiger partial charge >= 0.3 is 6.09 Å². The first-order chi connectivity index (χ1) is 15.2. The van der Waals surface area contributed by atoms with Crippen LogP contribution in [-0.2, 0) is 16.1 Å². The van der Waals surface area contributed by atoms with Crippen molar-refractivity contribution in [2.75, 3.05) is 26.8 Å². The van der Waals surface area contributed by atoms with Crippen LogP contribution >= 0.6 is 34.8 Å². The van der Waals surface area contributed by atoms with Gasteiger partial charge in [0.2, 0.25) is 20.9 Å². The number of halogens is 3. The number of nitrogens with two attached hydrogens (primary N) is 1. The van der Waals surface area contributed by atoms with Crippen LogP contribution in [0, 0.1) is 5.41 Å². The monoisotopic (exact) mass is 525 g/mol. The second kappa shape index (κ2) is 11.2. The molecule has 2 heterocycles. The maximum atomic E-state index is 12.8. The van der Waals surface area contributed by atoms with Gasteiger partial charge in [0.1, 0.15) is 18.6 Å². The second-order valence-corrected chi connectivity index (χ2v) is 11.5. The summed E-state index contributed by atoms with van der Waals surface area (Å²) in [5, 5.41) is 0. The van der Waals surface area contributed by atoms with Crippen molar-refractivity contribution >= 4 is 46.8 Å². The van der Waals surface area contributed by atoms with E-state index in [-0.39, 0.29) is 40.8 Å². The van der Waals surface area contributed by atoms with Crippen molar-refractivity contribution < 1.29 is 23.5 Å². The molecule has 1 atom stereocenters. The van der Waals surface area contributed by atoms with Crippen LogP contribution in [0.25, 0.3) is 0 Å². The lowest BCUT2D eigenvalue weighted by atomic mass is 9.86. The molecule has 186 valence electrons. The molecule has 1 aliphatic rings. The van der Waals surface area contributed by atoms with Crippen LogP contribution in [0.3, 0.4) is 0 Å². The number of carbonyl (C=O) groups excluding carboxylic acids is 2. The normalized spacial score (nSPS) is 16.3. The number of likely N-dealkylation sites (tertiary alicyclic amines) is 1. The van der Waals surface area contributed by atoms with Gasteiger partial charge < -0.3 is 24.5 Å². The average Bonchev–Trinajstić information content (AvgIpc) is 2.74. The lowest BCUT2D eigenvalue weighted by molar-refractivity contribution is -0.136. The van der Waals surface area contributed by atoms with Crippen LogP contribution in [0.5, 0.6) is 5.75 Å². The fourth-order valence-electron chi connectivity index (χ4n) is 3.37. The fraction of sp³-hybridized carbons (Fsp3) is 0.667. The quantitative estimate of drug-likeness (QED) is 0.565. The minimum Gasteiger partial charge on any atom is -0.490 e. The zero-order valence-electron chi connectivity index (χ0n) is 19.1. The van der Waals surface area contributed by atoms with Crippen molar-refractivity contribution in [1.82, 2.24) is 9.80 Å². The van der Waals surface area contributed by atoms with E-state index in [2.05, 4.69) is 0 Å². The third-order valence-corrected chi connectivity index (χ3v) is 5.74. The molecule has 2 amide bonds. The number of piperidine rings is 1. The molecule has 0 radical (unpaired) electrons. The summed E-state index contributed by atoms with van der Waals surface area (Å²) in [6.45, 7) is 6.06. The number of methoxy groups -OCH3 is 1. The van der Waals surface area contributed by atoms with E-state index in [1.165, 1.54) is 24.3 Å². The Morgan fingerprint density at radius 3 is 2.36 bits per heavy atom. The zero-order valence-corrected chi connectivity index (χ0v) is 21.4. The van der Waals surface area contributed by atoms with Crippen molar-refractivity contribution in [1.29, 1.82) is 0 Å². The Hall–Kier alpha value is -1.68. The number of nitrogens with zero attached hydrogens (tertiary/aromatic N) is 2. The van der Waals surface area contributed by atoms with Gasteiger partial charge in [-0.15, -0.1) is 0 Å². The summed E-state index contributed by atoms with van der Waals surface area (Å²) in [5.74, 6) is 0.151. The molecule has 0 saturated carbocycles. The summed E-state index contributed by atoms with van der Waals surface area (Å²) in [7, 11) is 1.35. The van der Waals surface area contributed by atoms with Crippen molar-refractivity contribution in [3.05, 3.63) is 28.3 Å². The highest BCUT2D eigenvalue weighted by Gasteiger charge is 2.36. The molecule has 1 unspecified atom stereocenters. The SMILES string of the molecule is COc1coc(CN(C(=O)OCC(Cl)(Cl)Cl)C2CCN(C(=O)C(N)C(C)(C)C)CC2)cc1=O. The highest BCUT2D eigenvalue weighted by Crippen LogP contribution is 2.28. The predicted molar refractivity (Wildman–Crippen MR) is 126 cm³/mol. The number of rotatable bonds is 6. The van der Waals surface area contributed by atoms with E-state index < -0.39 is 22.5 Å². The average molecular weight is 527 g/mol. The summed E-state index contributed by atoms with van der Waals surface area (Å²) in [5.41, 5.74) is 5.37. The summed E-state index contributed by atoms with van der Waals surface area (Å²) >= 11 is 17.1. The molecule has 12 heteroatoms. The highest BCUT2D eigenvalue weighted by molar-refractivity contribution is 6.67. The van der Waals surface area contributed by atoms with E-state index in [1.54, 1.807) is 4.90 Å². The van der Waals surface area contributed by atoms with E-state index in [0.717, 1.165) is 0 Å². The highest BCUT2D eigenvalue weighted by atomic mass is 35.6. The Morgan fingerprint density at radius 2 is 1.88 bits per heavy atom. The number of hydrogen-bond acceptors (Lipinski definition) is 7. The van der Waals surface area contributed by atoms with Crippen molar-refractivity contribution in [3.8, 4) is 5.75 Å². The first kappa shape index (κ1) is 27.6. The summed E-state index contributed by atoms with van der Waals surface area (Å²) < 4.78 is 13.8. The van der Waals surface area contributed by atoms with E-state index in [1.807, 2.05) is 20.8 Å².